The van der Waals surface area contributed by atoms with Crippen molar-refractivity contribution in [3.63, 3.8) is 0 Å². The summed E-state index contributed by atoms with van der Waals surface area (Å²) >= 11 is 0. The largest absolute Gasteiger partial charge is 0.450 e. The molecule has 0 fully saturated rings. The molecule has 28 heavy (non-hydrogen) atoms. The maximum Gasteiger partial charge on any atom is 0.411 e. The van der Waals surface area contributed by atoms with Crippen molar-refractivity contribution in [2.45, 2.75) is 19.0 Å². The quantitative estimate of drug-likeness (QED) is 0.712. The second kappa shape index (κ2) is 8.02. The Balaban J connectivity index is 1.86. The number of benzene rings is 2. The van der Waals surface area contributed by atoms with Crippen LogP contribution in [-0.4, -0.2) is 29.7 Å². The van der Waals surface area contributed by atoms with Crippen LogP contribution in [0.1, 0.15) is 18.1 Å². The highest BCUT2D eigenvalue weighted by atomic mass is 16.6. The Kier molecular flexibility index (Phi) is 5.12. The van der Waals surface area contributed by atoms with E-state index in [2.05, 4.69) is 24.0 Å². The lowest BCUT2D eigenvalue weighted by atomic mass is 9.93. The number of fused-ring (bicyclic) bond motifs is 2. The first kappa shape index (κ1) is 17.9. The molecule has 2 aliphatic rings. The predicted molar refractivity (Wildman–Crippen MR) is 111 cm³/mol. The summed E-state index contributed by atoms with van der Waals surface area (Å²) in [5.41, 5.74) is 4.02. The van der Waals surface area contributed by atoms with Gasteiger partial charge in [-0.05, 0) is 30.2 Å². The third-order valence-corrected chi connectivity index (χ3v) is 4.86. The van der Waals surface area contributed by atoms with Gasteiger partial charge in [0.05, 0.1) is 18.7 Å². The average Bonchev–Trinajstić information content (AvgIpc) is 2.86. The minimum Gasteiger partial charge on any atom is -0.450 e. The van der Waals surface area contributed by atoms with Gasteiger partial charge in [-0.2, -0.15) is 0 Å². The molecule has 2 atom stereocenters. The van der Waals surface area contributed by atoms with Crippen LogP contribution in [0, 0.1) is 11.8 Å². The van der Waals surface area contributed by atoms with Crippen molar-refractivity contribution in [3.05, 3.63) is 102 Å². The number of amides is 1. The van der Waals surface area contributed by atoms with E-state index in [1.165, 1.54) is 0 Å². The molecule has 0 saturated carbocycles. The molecular weight excluding hydrogens is 346 g/mol. The number of ether oxygens (including phenoxy) is 1. The van der Waals surface area contributed by atoms with Crippen LogP contribution in [0.4, 0.5) is 4.79 Å². The zero-order valence-electron chi connectivity index (χ0n) is 15.7. The molecule has 0 radical (unpaired) electrons. The molecule has 0 spiro atoms. The molecule has 2 aromatic carbocycles. The van der Waals surface area contributed by atoms with E-state index in [1.54, 1.807) is 4.90 Å². The number of hydrogen-bond acceptors (Lipinski definition) is 2. The summed E-state index contributed by atoms with van der Waals surface area (Å²) < 4.78 is 5.36. The Morgan fingerprint density at radius 3 is 2.25 bits per heavy atom. The SMILES string of the molecule is CCOC(=O)N1C2C=CC=CC1C(c1ccccc1)=C2C#Cc1ccccc1. The highest BCUT2D eigenvalue weighted by Crippen LogP contribution is 2.39. The van der Waals surface area contributed by atoms with Crippen molar-refractivity contribution in [1.29, 1.82) is 0 Å². The van der Waals surface area contributed by atoms with Gasteiger partial charge >= 0.3 is 6.09 Å². The highest BCUT2D eigenvalue weighted by molar-refractivity contribution is 5.88. The molecule has 138 valence electrons. The lowest BCUT2D eigenvalue weighted by Gasteiger charge is -2.27. The molecule has 0 saturated heterocycles. The minimum atomic E-state index is -0.321. The van der Waals surface area contributed by atoms with E-state index in [-0.39, 0.29) is 18.2 Å². The van der Waals surface area contributed by atoms with Gasteiger partial charge in [0.25, 0.3) is 0 Å². The molecule has 0 aromatic heterocycles. The zero-order valence-corrected chi connectivity index (χ0v) is 15.7. The van der Waals surface area contributed by atoms with Gasteiger partial charge in [-0.25, -0.2) is 4.79 Å². The van der Waals surface area contributed by atoms with Crippen LogP contribution in [-0.2, 0) is 4.74 Å². The first-order valence-corrected chi connectivity index (χ1v) is 9.46. The van der Waals surface area contributed by atoms with Crippen LogP contribution in [0.15, 0.2) is 90.5 Å². The van der Waals surface area contributed by atoms with Crippen LogP contribution < -0.4 is 0 Å². The third kappa shape index (κ3) is 3.37. The number of nitrogens with zero attached hydrogens (tertiary/aromatic N) is 1. The second-order valence-electron chi connectivity index (χ2n) is 6.58. The third-order valence-electron chi connectivity index (χ3n) is 4.86. The Hall–Kier alpha value is -3.51. The molecule has 2 heterocycles. The summed E-state index contributed by atoms with van der Waals surface area (Å²) in [4.78, 5) is 14.5. The molecule has 2 bridgehead atoms. The lowest BCUT2D eigenvalue weighted by molar-refractivity contribution is 0.104. The van der Waals surface area contributed by atoms with Crippen molar-refractivity contribution >= 4 is 11.7 Å². The molecule has 2 unspecified atom stereocenters. The van der Waals surface area contributed by atoms with Crippen LogP contribution >= 0.6 is 0 Å². The Labute approximate surface area is 165 Å². The van der Waals surface area contributed by atoms with E-state index in [0.29, 0.717) is 6.61 Å². The Morgan fingerprint density at radius 1 is 0.929 bits per heavy atom. The van der Waals surface area contributed by atoms with E-state index >= 15 is 0 Å². The molecular formula is C25H21NO2. The number of carbonyl (C=O) groups excluding carboxylic acids is 1. The van der Waals surface area contributed by atoms with Crippen molar-refractivity contribution in [1.82, 2.24) is 4.90 Å². The van der Waals surface area contributed by atoms with Gasteiger partial charge in [0.1, 0.15) is 0 Å². The van der Waals surface area contributed by atoms with E-state index in [1.807, 2.05) is 79.8 Å². The van der Waals surface area contributed by atoms with E-state index in [4.69, 9.17) is 4.74 Å². The summed E-state index contributed by atoms with van der Waals surface area (Å²) in [5, 5.41) is 0. The molecule has 3 heteroatoms. The number of hydrogen-bond donors (Lipinski definition) is 0. The molecule has 2 aromatic rings. The van der Waals surface area contributed by atoms with Gasteiger partial charge in [-0.15, -0.1) is 0 Å². The normalized spacial score (nSPS) is 19.8. The fraction of sp³-hybridized carbons (Fsp3) is 0.160. The van der Waals surface area contributed by atoms with Crippen LogP contribution in [0.3, 0.4) is 0 Å². The smallest absolute Gasteiger partial charge is 0.411 e. The van der Waals surface area contributed by atoms with E-state index < -0.39 is 0 Å². The van der Waals surface area contributed by atoms with Gasteiger partial charge in [0, 0.05) is 11.1 Å². The molecule has 2 aliphatic heterocycles. The lowest BCUT2D eigenvalue weighted by Crippen LogP contribution is -2.41. The first-order valence-electron chi connectivity index (χ1n) is 9.46. The summed E-state index contributed by atoms with van der Waals surface area (Å²) in [6.45, 7) is 2.17. The first-order chi connectivity index (χ1) is 13.8. The van der Waals surface area contributed by atoms with Gasteiger partial charge in [0.2, 0.25) is 0 Å². The maximum absolute atomic E-state index is 12.8. The van der Waals surface area contributed by atoms with Gasteiger partial charge in [-0.1, -0.05) is 84.7 Å². The van der Waals surface area contributed by atoms with Crippen LogP contribution in [0.25, 0.3) is 5.57 Å². The fourth-order valence-corrected chi connectivity index (χ4v) is 3.66. The Morgan fingerprint density at radius 2 is 1.57 bits per heavy atom. The number of allylic oxidation sites excluding steroid dienone is 2. The maximum atomic E-state index is 12.8. The standard InChI is InChI=1S/C25H21NO2/c1-2-28-25(27)26-22-15-9-10-16-23(26)24(20-13-7-4-8-14-20)21(22)18-17-19-11-5-3-6-12-19/h3-16,22-23H,2H2,1H3. The van der Waals surface area contributed by atoms with Crippen LogP contribution in [0.5, 0.6) is 0 Å². The predicted octanol–water partition coefficient (Wildman–Crippen LogP) is 4.83. The topological polar surface area (TPSA) is 29.5 Å². The monoisotopic (exact) mass is 367 g/mol. The average molecular weight is 367 g/mol. The molecule has 4 rings (SSSR count). The van der Waals surface area contributed by atoms with E-state index in [9.17, 15) is 4.79 Å². The number of carbonyl (C=O) groups is 1. The van der Waals surface area contributed by atoms with Crippen molar-refractivity contribution in [2.75, 3.05) is 6.61 Å². The zero-order chi connectivity index (χ0) is 19.3. The highest BCUT2D eigenvalue weighted by Gasteiger charge is 2.42. The van der Waals surface area contributed by atoms with Crippen molar-refractivity contribution < 1.29 is 9.53 Å². The van der Waals surface area contributed by atoms with Gasteiger partial charge < -0.3 is 4.74 Å². The van der Waals surface area contributed by atoms with E-state index in [0.717, 1.165) is 22.3 Å². The summed E-state index contributed by atoms with van der Waals surface area (Å²) in [7, 11) is 0. The fourth-order valence-electron chi connectivity index (χ4n) is 3.66. The molecule has 3 nitrogen and oxygen atoms in total. The van der Waals surface area contributed by atoms with Gasteiger partial charge in [0.15, 0.2) is 0 Å². The molecule has 1 amide bonds. The van der Waals surface area contributed by atoms with Crippen molar-refractivity contribution in [3.8, 4) is 11.8 Å². The molecule has 0 N–H and O–H groups in total. The Bertz CT molecular complexity index is 1010. The second-order valence-corrected chi connectivity index (χ2v) is 6.58. The van der Waals surface area contributed by atoms with Gasteiger partial charge in [-0.3, -0.25) is 4.90 Å². The van der Waals surface area contributed by atoms with Crippen LogP contribution in [0.2, 0.25) is 0 Å². The molecule has 0 aliphatic carbocycles. The van der Waals surface area contributed by atoms with Crippen molar-refractivity contribution in [2.24, 2.45) is 0 Å². The minimum absolute atomic E-state index is 0.207. The number of rotatable bonds is 2. The summed E-state index contributed by atoms with van der Waals surface area (Å²) in [6.07, 6.45) is 7.69. The summed E-state index contributed by atoms with van der Waals surface area (Å²) in [6, 6.07) is 19.6. The summed E-state index contributed by atoms with van der Waals surface area (Å²) in [5.74, 6) is 6.63.